The van der Waals surface area contributed by atoms with Crippen LogP contribution in [-0.4, -0.2) is 50.0 Å². The van der Waals surface area contributed by atoms with E-state index in [9.17, 15) is 0 Å². The minimum absolute atomic E-state index is 0.338. The summed E-state index contributed by atoms with van der Waals surface area (Å²) in [7, 11) is 0. The molecule has 3 heterocycles. The van der Waals surface area contributed by atoms with Gasteiger partial charge in [-0.15, -0.1) is 0 Å². The van der Waals surface area contributed by atoms with Gasteiger partial charge in [-0.25, -0.2) is 0 Å². The van der Waals surface area contributed by atoms with Crippen LogP contribution in [0, 0.1) is 0 Å². The fraction of sp³-hybridized carbons (Fsp3) is 0.700. The number of rotatable bonds is 5. The second kappa shape index (κ2) is 7.85. The highest BCUT2D eigenvalue weighted by molar-refractivity contribution is 5.39. The number of ether oxygens (including phenoxy) is 3. The first-order chi connectivity index (χ1) is 11.9. The van der Waals surface area contributed by atoms with E-state index in [1.165, 1.54) is 30.4 Å². The molecule has 0 radical (unpaired) electrons. The fourth-order valence-corrected chi connectivity index (χ4v) is 4.01. The van der Waals surface area contributed by atoms with Gasteiger partial charge in [0.25, 0.3) is 0 Å². The van der Waals surface area contributed by atoms with Gasteiger partial charge < -0.3 is 14.2 Å². The van der Waals surface area contributed by atoms with Crippen LogP contribution in [0.3, 0.4) is 0 Å². The largest absolute Gasteiger partial charge is 0.493 e. The Hall–Kier alpha value is -1.10. The predicted octanol–water partition coefficient (Wildman–Crippen LogP) is 3.17. The molecule has 24 heavy (non-hydrogen) atoms. The van der Waals surface area contributed by atoms with E-state index in [0.717, 1.165) is 64.5 Å². The number of hydrogen-bond acceptors (Lipinski definition) is 4. The summed E-state index contributed by atoms with van der Waals surface area (Å²) in [4.78, 5) is 2.55. The molecule has 1 atom stereocenters. The number of fused-ring (bicyclic) bond motifs is 1. The van der Waals surface area contributed by atoms with E-state index in [2.05, 4.69) is 23.1 Å². The number of nitrogens with zero attached hydrogens (tertiary/aromatic N) is 1. The highest BCUT2D eigenvalue weighted by Gasteiger charge is 2.22. The Morgan fingerprint density at radius 2 is 2.00 bits per heavy atom. The van der Waals surface area contributed by atoms with Crippen LogP contribution in [0.2, 0.25) is 0 Å². The van der Waals surface area contributed by atoms with Crippen LogP contribution in [0.1, 0.15) is 43.2 Å². The number of piperidine rings is 1. The first kappa shape index (κ1) is 16.4. The Labute approximate surface area is 145 Å². The zero-order chi connectivity index (χ0) is 16.2. The van der Waals surface area contributed by atoms with Crippen molar-refractivity contribution in [2.75, 3.05) is 32.9 Å². The number of benzene rings is 1. The lowest BCUT2D eigenvalue weighted by molar-refractivity contribution is -0.0753. The summed E-state index contributed by atoms with van der Waals surface area (Å²) >= 11 is 0. The molecule has 3 aliphatic rings. The van der Waals surface area contributed by atoms with Gasteiger partial charge >= 0.3 is 0 Å². The van der Waals surface area contributed by atoms with Gasteiger partial charge in [0.05, 0.1) is 25.4 Å². The molecule has 1 aromatic carbocycles. The van der Waals surface area contributed by atoms with Crippen molar-refractivity contribution in [3.8, 4) is 5.75 Å². The summed E-state index contributed by atoms with van der Waals surface area (Å²) in [6, 6.07) is 6.68. The maximum absolute atomic E-state index is 6.11. The Morgan fingerprint density at radius 1 is 1.08 bits per heavy atom. The molecule has 0 N–H and O–H groups in total. The average molecular weight is 331 g/mol. The smallest absolute Gasteiger partial charge is 0.122 e. The molecule has 0 bridgehead atoms. The summed E-state index contributed by atoms with van der Waals surface area (Å²) in [5.41, 5.74) is 2.78. The van der Waals surface area contributed by atoms with E-state index in [-0.39, 0.29) is 0 Å². The molecule has 3 aliphatic heterocycles. The van der Waals surface area contributed by atoms with Gasteiger partial charge in [0.2, 0.25) is 0 Å². The lowest BCUT2D eigenvalue weighted by Crippen LogP contribution is -2.38. The van der Waals surface area contributed by atoms with E-state index < -0.39 is 0 Å². The molecule has 132 valence electrons. The van der Waals surface area contributed by atoms with Crippen LogP contribution < -0.4 is 4.74 Å². The van der Waals surface area contributed by atoms with Crippen molar-refractivity contribution < 1.29 is 14.2 Å². The van der Waals surface area contributed by atoms with Gasteiger partial charge in [-0.1, -0.05) is 12.1 Å². The van der Waals surface area contributed by atoms with Crippen molar-refractivity contribution in [1.82, 2.24) is 4.90 Å². The molecule has 0 saturated carbocycles. The third-order valence-electron chi connectivity index (χ3n) is 5.49. The first-order valence-corrected chi connectivity index (χ1v) is 9.57. The minimum Gasteiger partial charge on any atom is -0.493 e. The molecule has 0 aromatic heterocycles. The number of hydrogen-bond donors (Lipinski definition) is 0. The van der Waals surface area contributed by atoms with Gasteiger partial charge in [-0.2, -0.15) is 0 Å². The Kier molecular flexibility index (Phi) is 5.36. The van der Waals surface area contributed by atoms with Crippen molar-refractivity contribution in [2.24, 2.45) is 0 Å². The van der Waals surface area contributed by atoms with Crippen molar-refractivity contribution in [1.29, 1.82) is 0 Å². The third-order valence-corrected chi connectivity index (χ3v) is 5.49. The van der Waals surface area contributed by atoms with Crippen molar-refractivity contribution >= 4 is 0 Å². The van der Waals surface area contributed by atoms with E-state index in [4.69, 9.17) is 14.2 Å². The molecule has 0 spiro atoms. The lowest BCUT2D eigenvalue weighted by Gasteiger charge is -2.33. The summed E-state index contributed by atoms with van der Waals surface area (Å²) < 4.78 is 17.5. The highest BCUT2D eigenvalue weighted by atomic mass is 16.5. The second-order valence-electron chi connectivity index (χ2n) is 7.34. The van der Waals surface area contributed by atoms with Crippen molar-refractivity contribution in [2.45, 2.75) is 57.3 Å². The zero-order valence-corrected chi connectivity index (χ0v) is 14.5. The number of likely N-dealkylation sites (tertiary alicyclic amines) is 1. The van der Waals surface area contributed by atoms with Crippen LogP contribution in [0.25, 0.3) is 0 Å². The molecule has 0 aliphatic carbocycles. The maximum atomic E-state index is 6.11. The van der Waals surface area contributed by atoms with Crippen LogP contribution in [-0.2, 0) is 22.4 Å². The summed E-state index contributed by atoms with van der Waals surface area (Å²) in [5, 5.41) is 0. The monoisotopic (exact) mass is 331 g/mol. The Morgan fingerprint density at radius 3 is 2.83 bits per heavy atom. The Bertz CT molecular complexity index is 534. The topological polar surface area (TPSA) is 30.9 Å². The van der Waals surface area contributed by atoms with Crippen LogP contribution in [0.15, 0.2) is 18.2 Å². The quantitative estimate of drug-likeness (QED) is 0.829. The molecular weight excluding hydrogens is 302 g/mol. The van der Waals surface area contributed by atoms with Gasteiger partial charge in [0.1, 0.15) is 5.75 Å². The standard InChI is InChI=1S/C20H29NO3/c1-2-11-22-19(3-1)15-24-18-6-9-21(10-7-18)14-16-4-5-20-17(13-16)8-12-23-20/h4-5,13,18-19H,1-3,6-12,14-15H2. The van der Waals surface area contributed by atoms with E-state index in [1.807, 2.05) is 0 Å². The SMILES string of the molecule is c1cc2c(cc1CN1CCC(OCC3CCCCO3)CC1)CCO2. The molecule has 4 rings (SSSR count). The minimum atomic E-state index is 0.338. The third kappa shape index (κ3) is 4.11. The maximum Gasteiger partial charge on any atom is 0.122 e. The fourth-order valence-electron chi connectivity index (χ4n) is 4.01. The molecule has 4 heteroatoms. The normalized spacial score (nSPS) is 25.4. The van der Waals surface area contributed by atoms with E-state index in [1.54, 1.807) is 0 Å². The van der Waals surface area contributed by atoms with Crippen molar-refractivity contribution in [3.63, 3.8) is 0 Å². The highest BCUT2D eigenvalue weighted by Crippen LogP contribution is 2.27. The molecule has 4 nitrogen and oxygen atoms in total. The molecule has 1 unspecified atom stereocenters. The summed E-state index contributed by atoms with van der Waals surface area (Å²) in [6.07, 6.45) is 7.76. The molecule has 1 aromatic rings. The van der Waals surface area contributed by atoms with Crippen LogP contribution >= 0.6 is 0 Å². The first-order valence-electron chi connectivity index (χ1n) is 9.57. The van der Waals surface area contributed by atoms with Crippen LogP contribution in [0.5, 0.6) is 5.75 Å². The van der Waals surface area contributed by atoms with E-state index >= 15 is 0 Å². The summed E-state index contributed by atoms with van der Waals surface area (Å²) in [6.45, 7) is 5.85. The second-order valence-corrected chi connectivity index (χ2v) is 7.34. The van der Waals surface area contributed by atoms with Gasteiger partial charge in [-0.05, 0) is 49.3 Å². The molecule has 2 saturated heterocycles. The van der Waals surface area contributed by atoms with Crippen molar-refractivity contribution in [3.05, 3.63) is 29.3 Å². The Balaban J connectivity index is 1.20. The molecular formula is C20H29NO3. The van der Waals surface area contributed by atoms with Gasteiger partial charge in [0, 0.05) is 32.7 Å². The van der Waals surface area contributed by atoms with E-state index in [0.29, 0.717) is 12.2 Å². The molecule has 0 amide bonds. The molecule has 2 fully saturated rings. The predicted molar refractivity (Wildman–Crippen MR) is 93.5 cm³/mol. The van der Waals surface area contributed by atoms with Gasteiger partial charge in [0.15, 0.2) is 0 Å². The van der Waals surface area contributed by atoms with Gasteiger partial charge in [-0.3, -0.25) is 4.90 Å². The lowest BCUT2D eigenvalue weighted by atomic mass is 10.0. The van der Waals surface area contributed by atoms with Crippen LogP contribution in [0.4, 0.5) is 0 Å². The summed E-state index contributed by atoms with van der Waals surface area (Å²) in [5.74, 6) is 1.08. The zero-order valence-electron chi connectivity index (χ0n) is 14.5. The average Bonchev–Trinajstić information content (AvgIpc) is 3.10.